The van der Waals surface area contributed by atoms with Gasteiger partial charge in [-0.05, 0) is 30.0 Å². The van der Waals surface area contributed by atoms with Crippen LogP contribution in [0.3, 0.4) is 0 Å². The second kappa shape index (κ2) is 7.28. The summed E-state index contributed by atoms with van der Waals surface area (Å²) in [4.78, 5) is 17.1. The lowest BCUT2D eigenvalue weighted by Crippen LogP contribution is -2.42. The van der Waals surface area contributed by atoms with Crippen molar-refractivity contribution in [3.05, 3.63) is 65.7 Å². The molecule has 1 atom stereocenters. The predicted octanol–water partition coefficient (Wildman–Crippen LogP) is 2.44. The molecule has 2 aliphatic heterocycles. The third-order valence-corrected chi connectivity index (χ3v) is 5.20. The zero-order valence-corrected chi connectivity index (χ0v) is 14.5. The number of nitrogens with one attached hydrogen (secondary N) is 1. The van der Waals surface area contributed by atoms with E-state index in [-0.39, 0.29) is 11.9 Å². The van der Waals surface area contributed by atoms with Crippen molar-refractivity contribution in [1.82, 2.24) is 10.2 Å². The van der Waals surface area contributed by atoms with E-state index in [9.17, 15) is 4.79 Å². The number of hydrogen-bond acceptors (Lipinski definition) is 3. The smallest absolute Gasteiger partial charge is 0.239 e. The fourth-order valence-corrected chi connectivity index (χ4v) is 3.95. The molecule has 0 radical (unpaired) electrons. The Bertz CT molecular complexity index is 731. The summed E-state index contributed by atoms with van der Waals surface area (Å²) in [6.45, 7) is 4.36. The van der Waals surface area contributed by atoms with Crippen LogP contribution in [0.1, 0.15) is 17.5 Å². The van der Waals surface area contributed by atoms with Crippen molar-refractivity contribution in [3.8, 4) is 0 Å². The Balaban J connectivity index is 1.27. The van der Waals surface area contributed by atoms with Gasteiger partial charge in [0.25, 0.3) is 0 Å². The standard InChI is InChI=1S/C21H25N3O/c25-21(16-24-13-10-18-8-4-5-9-20(18)24)22-19-11-12-23(15-19)14-17-6-2-1-3-7-17/h1-9,19H,10-16H2,(H,22,25)/t19-/m1/s1. The Kier molecular flexibility index (Phi) is 4.70. The number of amides is 1. The van der Waals surface area contributed by atoms with Gasteiger partial charge >= 0.3 is 0 Å². The zero-order valence-electron chi connectivity index (χ0n) is 14.5. The van der Waals surface area contributed by atoms with Crippen LogP contribution < -0.4 is 10.2 Å². The molecular weight excluding hydrogens is 310 g/mol. The SMILES string of the molecule is O=C(CN1CCc2ccccc21)N[C@@H]1CCN(Cc2ccccc2)C1. The van der Waals surface area contributed by atoms with Crippen molar-refractivity contribution >= 4 is 11.6 Å². The minimum atomic E-state index is 0.142. The van der Waals surface area contributed by atoms with Crippen LogP contribution in [0.15, 0.2) is 54.6 Å². The van der Waals surface area contributed by atoms with E-state index in [2.05, 4.69) is 57.6 Å². The van der Waals surface area contributed by atoms with E-state index in [4.69, 9.17) is 0 Å². The first kappa shape index (κ1) is 16.2. The summed E-state index contributed by atoms with van der Waals surface area (Å²) in [5.74, 6) is 0.142. The molecule has 0 aliphatic carbocycles. The predicted molar refractivity (Wildman–Crippen MR) is 101 cm³/mol. The number of carbonyl (C=O) groups excluding carboxylic acids is 1. The maximum Gasteiger partial charge on any atom is 0.239 e. The molecule has 2 aliphatic rings. The van der Waals surface area contributed by atoms with Crippen LogP contribution >= 0.6 is 0 Å². The molecule has 4 heteroatoms. The molecule has 0 aromatic heterocycles. The first-order valence-corrected chi connectivity index (χ1v) is 9.16. The molecule has 2 aromatic carbocycles. The van der Waals surface area contributed by atoms with Gasteiger partial charge in [-0.2, -0.15) is 0 Å². The van der Waals surface area contributed by atoms with E-state index < -0.39 is 0 Å². The lowest BCUT2D eigenvalue weighted by molar-refractivity contribution is -0.120. The van der Waals surface area contributed by atoms with Gasteiger partial charge in [0, 0.05) is 37.9 Å². The van der Waals surface area contributed by atoms with Gasteiger partial charge in [0.15, 0.2) is 0 Å². The fraction of sp³-hybridized carbons (Fsp3) is 0.381. The molecule has 1 amide bonds. The monoisotopic (exact) mass is 335 g/mol. The van der Waals surface area contributed by atoms with Crippen LogP contribution in [-0.4, -0.2) is 43.0 Å². The van der Waals surface area contributed by atoms with Gasteiger partial charge in [0.1, 0.15) is 0 Å². The van der Waals surface area contributed by atoms with Gasteiger partial charge in [0.2, 0.25) is 5.91 Å². The molecule has 0 saturated carbocycles. The van der Waals surface area contributed by atoms with E-state index in [1.165, 1.54) is 16.8 Å². The lowest BCUT2D eigenvalue weighted by Gasteiger charge is -2.21. The first-order valence-electron chi connectivity index (χ1n) is 9.16. The Morgan fingerprint density at radius 3 is 2.72 bits per heavy atom. The number of hydrogen-bond donors (Lipinski definition) is 1. The van der Waals surface area contributed by atoms with Crippen molar-refractivity contribution < 1.29 is 4.79 Å². The Labute approximate surface area is 149 Å². The third kappa shape index (κ3) is 3.85. The number of para-hydroxylation sites is 1. The number of anilines is 1. The Morgan fingerprint density at radius 2 is 1.84 bits per heavy atom. The summed E-state index contributed by atoms with van der Waals surface area (Å²) in [7, 11) is 0. The molecule has 2 aromatic rings. The van der Waals surface area contributed by atoms with Crippen LogP contribution in [0.4, 0.5) is 5.69 Å². The van der Waals surface area contributed by atoms with Crippen molar-refractivity contribution in [1.29, 1.82) is 0 Å². The van der Waals surface area contributed by atoms with Crippen LogP contribution in [0.5, 0.6) is 0 Å². The molecule has 0 spiro atoms. The minimum absolute atomic E-state index is 0.142. The maximum absolute atomic E-state index is 12.5. The van der Waals surface area contributed by atoms with E-state index in [1.54, 1.807) is 0 Å². The van der Waals surface area contributed by atoms with Crippen molar-refractivity contribution in [2.24, 2.45) is 0 Å². The van der Waals surface area contributed by atoms with E-state index in [0.29, 0.717) is 6.54 Å². The Morgan fingerprint density at radius 1 is 1.04 bits per heavy atom. The molecular formula is C21H25N3O. The molecule has 4 nitrogen and oxygen atoms in total. The highest BCUT2D eigenvalue weighted by Gasteiger charge is 2.26. The summed E-state index contributed by atoms with van der Waals surface area (Å²) >= 11 is 0. The number of fused-ring (bicyclic) bond motifs is 1. The number of benzene rings is 2. The number of likely N-dealkylation sites (tertiary alicyclic amines) is 1. The highest BCUT2D eigenvalue weighted by molar-refractivity contribution is 5.82. The van der Waals surface area contributed by atoms with Gasteiger partial charge < -0.3 is 10.2 Å². The highest BCUT2D eigenvalue weighted by Crippen LogP contribution is 2.26. The van der Waals surface area contributed by atoms with Crippen LogP contribution in [0, 0.1) is 0 Å². The summed E-state index contributed by atoms with van der Waals surface area (Å²) in [5, 5.41) is 3.23. The first-order chi connectivity index (χ1) is 12.3. The van der Waals surface area contributed by atoms with Crippen LogP contribution in [0.2, 0.25) is 0 Å². The van der Waals surface area contributed by atoms with E-state index in [0.717, 1.165) is 39.0 Å². The van der Waals surface area contributed by atoms with Crippen molar-refractivity contribution in [2.75, 3.05) is 31.1 Å². The third-order valence-electron chi connectivity index (χ3n) is 5.20. The summed E-state index contributed by atoms with van der Waals surface area (Å²) < 4.78 is 0. The molecule has 25 heavy (non-hydrogen) atoms. The normalized spacial score (nSPS) is 19.8. The van der Waals surface area contributed by atoms with Crippen molar-refractivity contribution in [2.45, 2.75) is 25.4 Å². The minimum Gasteiger partial charge on any atom is -0.362 e. The van der Waals surface area contributed by atoms with Gasteiger partial charge in [-0.25, -0.2) is 0 Å². The van der Waals surface area contributed by atoms with E-state index >= 15 is 0 Å². The fourth-order valence-electron chi connectivity index (χ4n) is 3.95. The molecule has 4 rings (SSSR count). The molecule has 1 N–H and O–H groups in total. The molecule has 1 fully saturated rings. The molecule has 0 unspecified atom stereocenters. The quantitative estimate of drug-likeness (QED) is 0.912. The number of carbonyl (C=O) groups is 1. The topological polar surface area (TPSA) is 35.6 Å². The average molecular weight is 335 g/mol. The van der Waals surface area contributed by atoms with Gasteiger partial charge in [-0.15, -0.1) is 0 Å². The van der Waals surface area contributed by atoms with Crippen LogP contribution in [0.25, 0.3) is 0 Å². The highest BCUT2D eigenvalue weighted by atomic mass is 16.2. The van der Waals surface area contributed by atoms with Gasteiger partial charge in [-0.3, -0.25) is 9.69 Å². The van der Waals surface area contributed by atoms with Gasteiger partial charge in [-0.1, -0.05) is 48.5 Å². The average Bonchev–Trinajstić information content (AvgIpc) is 3.23. The number of rotatable bonds is 5. The molecule has 1 saturated heterocycles. The second-order valence-corrected chi connectivity index (χ2v) is 7.07. The summed E-state index contributed by atoms with van der Waals surface area (Å²) in [5.41, 5.74) is 3.91. The van der Waals surface area contributed by atoms with Crippen LogP contribution in [-0.2, 0) is 17.8 Å². The maximum atomic E-state index is 12.5. The van der Waals surface area contributed by atoms with Crippen molar-refractivity contribution in [3.63, 3.8) is 0 Å². The summed E-state index contributed by atoms with van der Waals surface area (Å²) in [6, 6.07) is 19.2. The largest absolute Gasteiger partial charge is 0.362 e. The Hall–Kier alpha value is -2.33. The zero-order chi connectivity index (χ0) is 17.1. The van der Waals surface area contributed by atoms with Gasteiger partial charge in [0.05, 0.1) is 6.54 Å². The lowest BCUT2D eigenvalue weighted by atomic mass is 10.2. The summed E-state index contributed by atoms with van der Waals surface area (Å²) in [6.07, 6.45) is 2.08. The molecule has 0 bridgehead atoms. The number of nitrogens with zero attached hydrogens (tertiary/aromatic N) is 2. The van der Waals surface area contributed by atoms with E-state index in [1.807, 2.05) is 12.1 Å². The molecule has 2 heterocycles. The molecule has 130 valence electrons. The second-order valence-electron chi connectivity index (χ2n) is 7.07.